The number of carbonyl (C=O) groups excluding carboxylic acids is 1. The maximum absolute atomic E-state index is 13.4. The van der Waals surface area contributed by atoms with Crippen LogP contribution in [0.4, 0.5) is 9.18 Å². The van der Waals surface area contributed by atoms with Crippen LogP contribution in [0.25, 0.3) is 5.69 Å². The number of methoxy groups -OCH3 is 1. The second-order valence-corrected chi connectivity index (χ2v) is 8.84. The van der Waals surface area contributed by atoms with E-state index in [0.29, 0.717) is 29.1 Å². The third-order valence-electron chi connectivity index (χ3n) is 4.88. The molecule has 0 aliphatic heterocycles. The van der Waals surface area contributed by atoms with Crippen LogP contribution in [-0.4, -0.2) is 33.0 Å². The molecule has 3 rings (SSSR count). The summed E-state index contributed by atoms with van der Waals surface area (Å²) in [6, 6.07) is 13.3. The molecule has 2 aromatic carbocycles. The maximum atomic E-state index is 13.4. The zero-order valence-corrected chi connectivity index (χ0v) is 19.9. The van der Waals surface area contributed by atoms with Crippen molar-refractivity contribution in [3.05, 3.63) is 70.4 Å². The first-order chi connectivity index (χ1) is 15.6. The average molecular weight is 474 g/mol. The van der Waals surface area contributed by atoms with Crippen molar-refractivity contribution in [2.45, 2.75) is 45.9 Å². The summed E-state index contributed by atoms with van der Waals surface area (Å²) in [5.41, 5.74) is 1.33. The molecule has 0 spiro atoms. The van der Waals surface area contributed by atoms with Crippen LogP contribution in [0.15, 0.2) is 48.5 Å². The fourth-order valence-electron chi connectivity index (χ4n) is 3.31. The Bertz CT molecular complexity index is 1160. The molecule has 1 heterocycles. The van der Waals surface area contributed by atoms with Crippen molar-refractivity contribution in [2.75, 3.05) is 7.11 Å². The number of aromatic nitrogens is 2. The maximum Gasteiger partial charge on any atom is 0.407 e. The molecule has 0 bridgehead atoms. The molecule has 1 aromatic heterocycles. The lowest BCUT2D eigenvalue weighted by Gasteiger charge is -2.19. The quantitative estimate of drug-likeness (QED) is 0.465. The molecule has 0 fully saturated rings. The molecule has 7 nitrogen and oxygen atoms in total. The van der Waals surface area contributed by atoms with Crippen LogP contribution in [0.5, 0.6) is 11.6 Å². The van der Waals surface area contributed by atoms with Crippen LogP contribution in [0.1, 0.15) is 32.0 Å². The number of carbonyl (C=O) groups is 1. The van der Waals surface area contributed by atoms with E-state index in [2.05, 4.69) is 5.32 Å². The Morgan fingerprint density at radius 2 is 1.76 bits per heavy atom. The second-order valence-electron chi connectivity index (χ2n) is 8.47. The fraction of sp³-hybridized carbons (Fsp3) is 0.333. The van der Waals surface area contributed by atoms with E-state index < -0.39 is 17.5 Å². The summed E-state index contributed by atoms with van der Waals surface area (Å²) in [6.07, 6.45) is 0.0222. The predicted octanol–water partition coefficient (Wildman–Crippen LogP) is 5.13. The van der Waals surface area contributed by atoms with Crippen molar-refractivity contribution < 1.29 is 23.8 Å². The van der Waals surface area contributed by atoms with E-state index in [-0.39, 0.29) is 12.4 Å². The normalized spacial score (nSPS) is 11.3. The van der Waals surface area contributed by atoms with Crippen molar-refractivity contribution in [1.82, 2.24) is 14.5 Å². The minimum atomic E-state index is -0.653. The molecule has 3 aromatic rings. The Morgan fingerprint density at radius 3 is 2.33 bits per heavy atom. The molecule has 0 unspecified atom stereocenters. The Kier molecular flexibility index (Phi) is 7.43. The van der Waals surface area contributed by atoms with Crippen LogP contribution in [0.3, 0.4) is 0 Å². The molecule has 0 saturated carbocycles. The van der Waals surface area contributed by atoms with E-state index in [4.69, 9.17) is 21.7 Å². The first-order valence-electron chi connectivity index (χ1n) is 10.5. The minimum absolute atomic E-state index is 0.00118. The largest absolute Gasteiger partial charge is 0.497 e. The number of ether oxygens (including phenoxy) is 2. The van der Waals surface area contributed by atoms with Crippen LogP contribution in [-0.2, 0) is 24.2 Å². The first kappa shape index (κ1) is 24.3. The number of benzene rings is 2. The fourth-order valence-corrected chi connectivity index (χ4v) is 3.70. The van der Waals surface area contributed by atoms with Gasteiger partial charge in [-0.15, -0.1) is 0 Å². The first-order valence-corrected chi connectivity index (χ1v) is 10.9. The summed E-state index contributed by atoms with van der Waals surface area (Å²) in [5, 5.41) is 13.7. The number of amides is 1. The van der Waals surface area contributed by atoms with E-state index in [1.54, 1.807) is 32.4 Å². The van der Waals surface area contributed by atoms with Gasteiger partial charge in [-0.3, -0.25) is 4.57 Å². The van der Waals surface area contributed by atoms with E-state index in [9.17, 15) is 14.3 Å². The lowest BCUT2D eigenvalue weighted by atomic mass is 10.1. The third-order valence-corrected chi connectivity index (χ3v) is 5.29. The highest BCUT2D eigenvalue weighted by Gasteiger charge is 2.21. The molecular weight excluding hydrogens is 445 g/mol. The van der Waals surface area contributed by atoms with Gasteiger partial charge in [0.15, 0.2) is 4.77 Å². The zero-order chi connectivity index (χ0) is 24.2. The molecule has 1 amide bonds. The highest BCUT2D eigenvalue weighted by atomic mass is 32.1. The number of nitrogens with zero attached hydrogens (tertiary/aromatic N) is 2. The number of hydrogen-bond acceptors (Lipinski definition) is 5. The van der Waals surface area contributed by atoms with Gasteiger partial charge in [-0.2, -0.15) is 0 Å². The number of rotatable bonds is 7. The van der Waals surface area contributed by atoms with Gasteiger partial charge in [-0.25, -0.2) is 9.18 Å². The average Bonchev–Trinajstić information content (AvgIpc) is 2.99. The van der Waals surface area contributed by atoms with Crippen molar-refractivity contribution in [3.63, 3.8) is 0 Å². The highest BCUT2D eigenvalue weighted by Crippen LogP contribution is 2.26. The zero-order valence-electron chi connectivity index (χ0n) is 19.1. The number of imidazole rings is 1. The van der Waals surface area contributed by atoms with Gasteiger partial charge in [-0.1, -0.05) is 12.1 Å². The summed E-state index contributed by atoms with van der Waals surface area (Å²) in [5.74, 6) is 0.241. The summed E-state index contributed by atoms with van der Waals surface area (Å²) >= 11 is 5.65. The molecule has 0 aliphatic rings. The number of aryl methyl sites for hydroxylation is 1. The molecule has 0 aliphatic carbocycles. The van der Waals surface area contributed by atoms with E-state index in [1.807, 2.05) is 24.3 Å². The monoisotopic (exact) mass is 473 g/mol. The van der Waals surface area contributed by atoms with Gasteiger partial charge < -0.3 is 24.5 Å². The molecule has 176 valence electrons. The standard InChI is InChI=1S/C24H28FN3O4S/c1-24(2,3)32-22(30)26-15-20-21(29)28(18-9-7-17(25)8-10-18)23(33)27(20)14-13-16-5-11-19(31-4)12-6-16/h5-12,29H,13-15H2,1-4H3,(H,26,30). The van der Waals surface area contributed by atoms with Gasteiger partial charge >= 0.3 is 6.09 Å². The van der Waals surface area contributed by atoms with Gasteiger partial charge in [0, 0.05) is 6.54 Å². The van der Waals surface area contributed by atoms with Crippen molar-refractivity contribution >= 4 is 18.3 Å². The van der Waals surface area contributed by atoms with Gasteiger partial charge in [0.25, 0.3) is 0 Å². The SMILES string of the molecule is COc1ccc(CCn2c(CNC(=O)OC(C)(C)C)c(O)n(-c3ccc(F)cc3)c2=S)cc1. The van der Waals surface area contributed by atoms with E-state index in [1.165, 1.54) is 28.8 Å². The third kappa shape index (κ3) is 6.13. The molecule has 33 heavy (non-hydrogen) atoms. The summed E-state index contributed by atoms with van der Waals surface area (Å²) in [4.78, 5) is 12.2. The van der Waals surface area contributed by atoms with Gasteiger partial charge in [0.2, 0.25) is 5.88 Å². The van der Waals surface area contributed by atoms with Crippen LogP contribution >= 0.6 is 12.2 Å². The van der Waals surface area contributed by atoms with Gasteiger partial charge in [-0.05, 0) is 81.4 Å². The molecule has 2 N–H and O–H groups in total. The molecule has 0 saturated heterocycles. The van der Waals surface area contributed by atoms with E-state index >= 15 is 0 Å². The van der Waals surface area contributed by atoms with E-state index in [0.717, 1.165) is 11.3 Å². The van der Waals surface area contributed by atoms with Gasteiger partial charge in [0.1, 0.15) is 22.9 Å². The van der Waals surface area contributed by atoms with Crippen LogP contribution in [0.2, 0.25) is 0 Å². The predicted molar refractivity (Wildman–Crippen MR) is 126 cm³/mol. The van der Waals surface area contributed by atoms with Gasteiger partial charge in [0.05, 0.1) is 19.3 Å². The topological polar surface area (TPSA) is 77.7 Å². The second kappa shape index (κ2) is 10.1. The summed E-state index contributed by atoms with van der Waals surface area (Å²) < 4.78 is 27.5. The number of nitrogens with one attached hydrogen (secondary N) is 1. The molecule has 0 radical (unpaired) electrons. The van der Waals surface area contributed by atoms with Crippen LogP contribution in [0, 0.1) is 10.6 Å². The minimum Gasteiger partial charge on any atom is -0.497 e. The molecule has 9 heteroatoms. The summed E-state index contributed by atoms with van der Waals surface area (Å²) in [7, 11) is 1.61. The Hall–Kier alpha value is -3.33. The Morgan fingerprint density at radius 1 is 1.12 bits per heavy atom. The Labute approximate surface area is 197 Å². The number of aromatic hydroxyl groups is 1. The highest BCUT2D eigenvalue weighted by molar-refractivity contribution is 7.71. The Balaban J connectivity index is 1.92. The van der Waals surface area contributed by atoms with Crippen molar-refractivity contribution in [2.24, 2.45) is 0 Å². The number of halogens is 1. The van der Waals surface area contributed by atoms with Crippen LogP contribution < -0.4 is 10.1 Å². The van der Waals surface area contributed by atoms with Crippen molar-refractivity contribution in [3.8, 4) is 17.3 Å². The molecule has 0 atom stereocenters. The van der Waals surface area contributed by atoms with Crippen molar-refractivity contribution in [1.29, 1.82) is 0 Å². The number of alkyl carbamates (subject to hydrolysis) is 1. The lowest BCUT2D eigenvalue weighted by Crippen LogP contribution is -2.32. The smallest absolute Gasteiger partial charge is 0.407 e. The lowest BCUT2D eigenvalue weighted by molar-refractivity contribution is 0.0522. The summed E-state index contributed by atoms with van der Waals surface area (Å²) in [6.45, 7) is 5.77. The molecular formula is C24H28FN3O4S. The number of hydrogen-bond donors (Lipinski definition) is 2.